The van der Waals surface area contributed by atoms with Gasteiger partial charge in [0.05, 0.1) is 0 Å². The summed E-state index contributed by atoms with van der Waals surface area (Å²) in [5, 5.41) is 0. The molecule has 0 nitrogen and oxygen atoms in total. The highest BCUT2D eigenvalue weighted by molar-refractivity contribution is 7.65. The lowest BCUT2D eigenvalue weighted by molar-refractivity contribution is 4.52. The normalized spacial score (nSPS) is 4.25. The molecule has 0 aromatic carbocycles. The van der Waals surface area contributed by atoms with Crippen molar-refractivity contribution in [3.63, 3.8) is 0 Å². The van der Waals surface area contributed by atoms with Crippen LogP contribution in [0.5, 0.6) is 0 Å². The lowest BCUT2D eigenvalue weighted by Crippen LogP contribution is -1.60. The molecule has 0 bridgehead atoms. The van der Waals surface area contributed by atoms with Crippen molar-refractivity contribution in [2.75, 3.05) is 0 Å². The Morgan fingerprint density at radius 3 is 1.75 bits per heavy atom. The Morgan fingerprint density at radius 2 is 1.75 bits per heavy atom. The van der Waals surface area contributed by atoms with Crippen LogP contribution in [0.25, 0.3) is 0 Å². The Labute approximate surface area is 48.2 Å². The van der Waals surface area contributed by atoms with E-state index < -0.39 is 0 Å². The highest BCUT2D eigenvalue weighted by atomic mass is 31.2. The Balaban J connectivity index is 0. The van der Waals surface area contributed by atoms with Gasteiger partial charge in [-0.1, -0.05) is 0 Å². The highest BCUT2D eigenvalue weighted by Gasteiger charge is 1.49. The van der Waals surface area contributed by atoms with Crippen molar-refractivity contribution in [2.45, 2.75) is 0 Å². The van der Waals surface area contributed by atoms with E-state index in [1.54, 1.807) is 0 Å². The molecule has 4 heavy (non-hydrogen) atoms. The van der Waals surface area contributed by atoms with Crippen LogP contribution in [0.15, 0.2) is 0 Å². The predicted octanol–water partition coefficient (Wildman–Crippen LogP) is -2.69. The molecule has 0 amide bonds. The summed E-state index contributed by atoms with van der Waals surface area (Å²) in [5.41, 5.74) is 0. The average Bonchev–Trinajstić information content (AvgIpc) is 0.918. The molecule has 0 radical (unpaired) electrons. The van der Waals surface area contributed by atoms with Crippen LogP contribution < -0.4 is 0 Å². The highest BCUT2D eigenvalue weighted by Crippen LogP contribution is 1.56. The van der Waals surface area contributed by atoms with Crippen LogP contribution in [0.3, 0.4) is 0 Å². The molecule has 0 saturated carbocycles. The number of hydrogen-bond donors (Lipinski definition) is 0. The van der Waals surface area contributed by atoms with Gasteiger partial charge in [-0.25, -0.2) is 7.89 Å². The molecule has 0 fully saturated rings. The van der Waals surface area contributed by atoms with Crippen LogP contribution in [0, 0.1) is 0 Å². The maximum Gasteiger partial charge on any atom is 0.247 e. The van der Waals surface area contributed by atoms with E-state index in [0.717, 1.165) is 0 Å². The lowest BCUT2D eigenvalue weighted by Gasteiger charge is -1.37. The molecule has 24 valence electrons. The van der Waals surface area contributed by atoms with Crippen LogP contribution >= 0.6 is 7.89 Å². The van der Waals surface area contributed by atoms with Crippen molar-refractivity contribution in [3.05, 3.63) is 0 Å². The van der Waals surface area contributed by atoms with Crippen molar-refractivity contribution >= 4 is 48.2 Å². The van der Waals surface area contributed by atoms with Gasteiger partial charge in [-0.2, -0.15) is 0 Å². The Morgan fingerprint density at radius 1 is 1.75 bits per heavy atom. The van der Waals surface area contributed by atoms with E-state index in [1.807, 2.05) is 0 Å². The smallest absolute Gasteiger partial charge is 0.209 e. The fraction of sp³-hybridized carbons (Fsp3) is 0. The van der Waals surface area contributed by atoms with Crippen molar-refractivity contribution in [1.82, 2.24) is 0 Å². The second-order valence-corrected chi connectivity index (χ2v) is 11.0. The monoisotopic (exact) mass is 122 g/mol. The van der Waals surface area contributed by atoms with Crippen LogP contribution in [-0.2, 0) is 0 Å². The second kappa shape index (κ2) is 8.83. The third-order valence-electron chi connectivity index (χ3n) is 0. The van der Waals surface area contributed by atoms with Crippen LogP contribution in [-0.4, -0.2) is 40.3 Å². The third kappa shape index (κ3) is 9.32. The molecule has 1 unspecified atom stereocenters. The van der Waals surface area contributed by atoms with Gasteiger partial charge in [-0.05, 0) is 8.80 Å². The first-order valence-electron chi connectivity index (χ1n) is 1.12. The molecule has 4 heteroatoms. The predicted molar refractivity (Wildman–Crippen MR) is 36.7 cm³/mol. The van der Waals surface area contributed by atoms with Crippen LogP contribution in [0.4, 0.5) is 0 Å². The molecule has 0 aliphatic rings. The molecule has 0 aromatic rings. The average molecular weight is 122 g/mol. The fourth-order valence-corrected chi connectivity index (χ4v) is 0. The second-order valence-electron chi connectivity index (χ2n) is 0.408. The molecule has 1 atom stereocenters. The molecular formula is H9Al2PSi. The molecule has 0 saturated heterocycles. The lowest BCUT2D eigenvalue weighted by atomic mass is 26.2. The first-order chi connectivity index (χ1) is 1.41. The molecule has 0 aliphatic carbocycles. The SMILES string of the molecule is [AlH3].[SiH3][AlH][PH2]. The van der Waals surface area contributed by atoms with Gasteiger partial charge in [-0.3, -0.25) is 0 Å². The van der Waals surface area contributed by atoms with E-state index in [1.165, 1.54) is 8.80 Å². The largest absolute Gasteiger partial charge is 0.247 e. The van der Waals surface area contributed by atoms with Crippen molar-refractivity contribution in [3.8, 4) is 0 Å². The summed E-state index contributed by atoms with van der Waals surface area (Å²) in [6, 6.07) is 0. The first kappa shape index (κ1) is 9.20. The van der Waals surface area contributed by atoms with Crippen molar-refractivity contribution in [2.24, 2.45) is 0 Å². The van der Waals surface area contributed by atoms with Crippen LogP contribution in [0.2, 0.25) is 0 Å². The summed E-state index contributed by atoms with van der Waals surface area (Å²) in [6.45, 7) is 0. The maximum atomic E-state index is 2.78. The van der Waals surface area contributed by atoms with Gasteiger partial charge in [0, 0.05) is 0 Å². The van der Waals surface area contributed by atoms with Gasteiger partial charge in [-0.15, -0.1) is 0 Å². The number of hydrogen-bond acceptors (Lipinski definition) is 0. The van der Waals surface area contributed by atoms with E-state index in [4.69, 9.17) is 0 Å². The molecular weight excluding hydrogens is 113 g/mol. The summed E-state index contributed by atoms with van der Waals surface area (Å²) < 4.78 is 0. The van der Waals surface area contributed by atoms with Gasteiger partial charge in [0.25, 0.3) is 0 Å². The van der Waals surface area contributed by atoms with Gasteiger partial charge in [0.15, 0.2) is 17.4 Å². The standard InChI is InChI=1S/2Al.H2P.H3Si.4H/h;;1H2;1H3;;;;/q;+1;-1;;;;;. The van der Waals surface area contributed by atoms with Crippen molar-refractivity contribution in [1.29, 1.82) is 0 Å². The summed E-state index contributed by atoms with van der Waals surface area (Å²) in [6.07, 6.45) is 0. The zero-order valence-electron chi connectivity index (χ0n) is 2.28. The summed E-state index contributed by atoms with van der Waals surface area (Å²) in [5.74, 6) is 0. The molecule has 0 N–H and O–H groups in total. The van der Waals surface area contributed by atoms with E-state index in [-0.39, 0.29) is 17.4 Å². The van der Waals surface area contributed by atoms with E-state index in [0.29, 0.717) is 14.1 Å². The molecule has 0 aromatic heterocycles. The van der Waals surface area contributed by atoms with Gasteiger partial charge >= 0.3 is 0 Å². The Bertz CT molecular complexity index is 6.00. The summed E-state index contributed by atoms with van der Waals surface area (Å²) >= 11 is 0.472. The summed E-state index contributed by atoms with van der Waals surface area (Å²) in [4.78, 5) is 0. The molecule has 0 spiro atoms. The van der Waals surface area contributed by atoms with Crippen LogP contribution in [0.1, 0.15) is 0 Å². The minimum Gasteiger partial charge on any atom is -0.209 e. The zero-order chi connectivity index (χ0) is 2.71. The van der Waals surface area contributed by atoms with E-state index in [9.17, 15) is 0 Å². The minimum atomic E-state index is 0. The topological polar surface area (TPSA) is 0 Å². The molecule has 0 heterocycles. The van der Waals surface area contributed by atoms with Gasteiger partial charge in [0.2, 0.25) is 14.1 Å². The van der Waals surface area contributed by atoms with Crippen molar-refractivity contribution < 1.29 is 0 Å². The molecule has 0 aliphatic heterocycles. The third-order valence-corrected chi connectivity index (χ3v) is 0. The molecule has 0 rings (SSSR count). The van der Waals surface area contributed by atoms with Gasteiger partial charge < -0.3 is 0 Å². The quantitative estimate of drug-likeness (QED) is 0.242. The van der Waals surface area contributed by atoms with E-state index >= 15 is 0 Å². The Hall–Kier alpha value is 1.71. The maximum absolute atomic E-state index is 2.78. The fourth-order valence-electron chi connectivity index (χ4n) is 0. The Kier molecular flexibility index (Phi) is 20.3. The minimum absolute atomic E-state index is 0. The zero-order valence-corrected chi connectivity index (χ0v) is 6.85. The number of rotatable bonds is 0. The first-order valence-corrected chi connectivity index (χ1v) is 10.0. The summed E-state index contributed by atoms with van der Waals surface area (Å²) in [7, 11) is 4.25. The van der Waals surface area contributed by atoms with Gasteiger partial charge in [0.1, 0.15) is 0 Å². The van der Waals surface area contributed by atoms with E-state index in [2.05, 4.69) is 7.89 Å².